The first-order chi connectivity index (χ1) is 9.75. The number of hydrogen-bond acceptors (Lipinski definition) is 2. The molecule has 0 unspecified atom stereocenters. The average Bonchev–Trinajstić information content (AvgIpc) is 2.52. The molecule has 0 aliphatic heterocycles. The van der Waals surface area contributed by atoms with Gasteiger partial charge in [-0.2, -0.15) is 0 Å². The molecule has 0 saturated carbocycles. The molecule has 4 nitrogen and oxygen atoms in total. The smallest absolute Gasteiger partial charge is 0.269 e. The number of carbonyl (C=O) groups is 1. The van der Waals surface area contributed by atoms with Gasteiger partial charge >= 0.3 is 0 Å². The van der Waals surface area contributed by atoms with E-state index in [2.05, 4.69) is 16.2 Å². The maximum atomic E-state index is 11.8. The maximum absolute atomic E-state index is 11.8. The summed E-state index contributed by atoms with van der Waals surface area (Å²) in [5, 5.41) is 3.38. The van der Waals surface area contributed by atoms with Crippen LogP contribution in [0.2, 0.25) is 0 Å². The van der Waals surface area contributed by atoms with Gasteiger partial charge in [-0.15, -0.1) is 0 Å². The van der Waals surface area contributed by atoms with Crippen molar-refractivity contribution >= 4 is 23.2 Å². The highest BCUT2D eigenvalue weighted by Gasteiger charge is 2.04. The fourth-order valence-electron chi connectivity index (χ4n) is 1.60. The summed E-state index contributed by atoms with van der Waals surface area (Å²) in [7, 11) is 0. The van der Waals surface area contributed by atoms with Crippen LogP contribution < -0.4 is 16.2 Å². The minimum Gasteiger partial charge on any atom is -0.357 e. The van der Waals surface area contributed by atoms with Crippen LogP contribution in [-0.4, -0.2) is 11.0 Å². The summed E-state index contributed by atoms with van der Waals surface area (Å²) < 4.78 is 0. The van der Waals surface area contributed by atoms with Crippen LogP contribution in [0.3, 0.4) is 0 Å². The van der Waals surface area contributed by atoms with Crippen LogP contribution in [0.15, 0.2) is 60.7 Å². The lowest BCUT2D eigenvalue weighted by Crippen LogP contribution is -2.46. The van der Waals surface area contributed by atoms with Crippen molar-refractivity contribution in [3.63, 3.8) is 0 Å². The van der Waals surface area contributed by atoms with Crippen molar-refractivity contribution in [3.8, 4) is 0 Å². The topological polar surface area (TPSA) is 53.2 Å². The van der Waals surface area contributed by atoms with Gasteiger partial charge in [-0.05, 0) is 29.9 Å². The van der Waals surface area contributed by atoms with E-state index < -0.39 is 0 Å². The van der Waals surface area contributed by atoms with E-state index in [0.29, 0.717) is 17.2 Å². The summed E-state index contributed by atoms with van der Waals surface area (Å²) in [4.78, 5) is 11.8. The van der Waals surface area contributed by atoms with Gasteiger partial charge in [-0.1, -0.05) is 48.5 Å². The van der Waals surface area contributed by atoms with E-state index in [-0.39, 0.29) is 5.91 Å². The minimum absolute atomic E-state index is 0.227. The molecule has 0 radical (unpaired) electrons. The molecule has 102 valence electrons. The standard InChI is InChI=1S/C15H15N3OS/c19-14(13-9-5-2-6-10-13)17-18-15(20)16-11-12-7-3-1-4-8-12/h1-10H,11H2,(H,17,19)(H2,16,18,20). The van der Waals surface area contributed by atoms with Gasteiger partial charge in [0.25, 0.3) is 5.91 Å². The molecule has 2 rings (SSSR count). The van der Waals surface area contributed by atoms with E-state index in [9.17, 15) is 4.79 Å². The fourth-order valence-corrected chi connectivity index (χ4v) is 1.72. The van der Waals surface area contributed by atoms with E-state index in [1.807, 2.05) is 36.4 Å². The third-order valence-corrected chi connectivity index (χ3v) is 2.87. The Labute approximate surface area is 123 Å². The molecule has 0 aliphatic rings. The van der Waals surface area contributed by atoms with Gasteiger partial charge in [0.2, 0.25) is 0 Å². The Morgan fingerprint density at radius 1 is 0.900 bits per heavy atom. The first kappa shape index (κ1) is 14.0. The summed E-state index contributed by atoms with van der Waals surface area (Å²) in [6, 6.07) is 18.8. The molecule has 0 aromatic heterocycles. The van der Waals surface area contributed by atoms with Crippen LogP contribution >= 0.6 is 12.2 Å². The molecule has 2 aromatic carbocycles. The molecule has 0 heterocycles. The lowest BCUT2D eigenvalue weighted by Gasteiger charge is -2.11. The van der Waals surface area contributed by atoms with Crippen molar-refractivity contribution in [1.29, 1.82) is 0 Å². The summed E-state index contributed by atoms with van der Waals surface area (Å²) in [5.41, 5.74) is 6.91. The van der Waals surface area contributed by atoms with Crippen LogP contribution in [0.25, 0.3) is 0 Å². The van der Waals surface area contributed by atoms with Crippen molar-refractivity contribution in [2.45, 2.75) is 6.54 Å². The molecule has 0 atom stereocenters. The average molecular weight is 285 g/mol. The van der Waals surface area contributed by atoms with Crippen LogP contribution in [-0.2, 0) is 6.54 Å². The van der Waals surface area contributed by atoms with Gasteiger partial charge in [0.15, 0.2) is 5.11 Å². The largest absolute Gasteiger partial charge is 0.357 e. The summed E-state index contributed by atoms with van der Waals surface area (Å²) >= 11 is 5.08. The number of thiocarbonyl (C=S) groups is 1. The highest BCUT2D eigenvalue weighted by atomic mass is 32.1. The monoisotopic (exact) mass is 285 g/mol. The maximum Gasteiger partial charge on any atom is 0.269 e. The molecule has 3 N–H and O–H groups in total. The lowest BCUT2D eigenvalue weighted by molar-refractivity contribution is 0.0943. The SMILES string of the molecule is O=C(NNC(=S)NCc1ccccc1)c1ccccc1. The predicted octanol–water partition coefficient (Wildman–Crippen LogP) is 2.00. The van der Waals surface area contributed by atoms with Crippen LogP contribution in [0, 0.1) is 0 Å². The molecule has 0 aliphatic carbocycles. The Morgan fingerprint density at radius 3 is 2.15 bits per heavy atom. The predicted molar refractivity (Wildman–Crippen MR) is 82.9 cm³/mol. The van der Waals surface area contributed by atoms with E-state index in [0.717, 1.165) is 5.56 Å². The number of carbonyl (C=O) groups excluding carboxylic acids is 1. The second-order valence-corrected chi connectivity index (χ2v) is 4.52. The van der Waals surface area contributed by atoms with Gasteiger partial charge in [-0.25, -0.2) is 0 Å². The van der Waals surface area contributed by atoms with E-state index in [1.165, 1.54) is 0 Å². The van der Waals surface area contributed by atoms with E-state index >= 15 is 0 Å². The molecule has 0 saturated heterocycles. The van der Waals surface area contributed by atoms with E-state index in [4.69, 9.17) is 12.2 Å². The van der Waals surface area contributed by atoms with Gasteiger partial charge in [0.1, 0.15) is 0 Å². The number of nitrogens with one attached hydrogen (secondary N) is 3. The zero-order valence-corrected chi connectivity index (χ0v) is 11.6. The highest BCUT2D eigenvalue weighted by Crippen LogP contribution is 1.98. The van der Waals surface area contributed by atoms with Crippen molar-refractivity contribution < 1.29 is 4.79 Å². The van der Waals surface area contributed by atoms with Crippen molar-refractivity contribution in [1.82, 2.24) is 16.2 Å². The van der Waals surface area contributed by atoms with Crippen molar-refractivity contribution in [2.75, 3.05) is 0 Å². The first-order valence-corrected chi connectivity index (χ1v) is 6.59. The summed E-state index contributed by atoms with van der Waals surface area (Å²) in [6.07, 6.45) is 0. The van der Waals surface area contributed by atoms with Crippen LogP contribution in [0.5, 0.6) is 0 Å². The zero-order valence-electron chi connectivity index (χ0n) is 10.8. The Kier molecular flexibility index (Phi) is 5.08. The van der Waals surface area contributed by atoms with Gasteiger partial charge in [-0.3, -0.25) is 15.6 Å². The third kappa shape index (κ3) is 4.37. The quantitative estimate of drug-likeness (QED) is 0.596. The van der Waals surface area contributed by atoms with Gasteiger partial charge in [0, 0.05) is 12.1 Å². The molecule has 5 heteroatoms. The number of hydrazine groups is 1. The van der Waals surface area contributed by atoms with Crippen LogP contribution in [0.1, 0.15) is 15.9 Å². The highest BCUT2D eigenvalue weighted by molar-refractivity contribution is 7.80. The van der Waals surface area contributed by atoms with Gasteiger partial charge < -0.3 is 5.32 Å². The molecular weight excluding hydrogens is 270 g/mol. The molecule has 2 aromatic rings. The van der Waals surface area contributed by atoms with Crippen LogP contribution in [0.4, 0.5) is 0 Å². The zero-order chi connectivity index (χ0) is 14.2. The number of rotatable bonds is 3. The lowest BCUT2D eigenvalue weighted by atomic mass is 10.2. The molecule has 1 amide bonds. The van der Waals surface area contributed by atoms with E-state index in [1.54, 1.807) is 24.3 Å². The molecular formula is C15H15N3OS. The fraction of sp³-hybridized carbons (Fsp3) is 0.0667. The Morgan fingerprint density at radius 2 is 1.50 bits per heavy atom. The summed E-state index contributed by atoms with van der Waals surface area (Å²) in [5.74, 6) is -0.227. The normalized spacial score (nSPS) is 9.60. The molecule has 0 spiro atoms. The first-order valence-electron chi connectivity index (χ1n) is 6.19. The molecule has 0 bridgehead atoms. The second-order valence-electron chi connectivity index (χ2n) is 4.11. The summed E-state index contributed by atoms with van der Waals surface area (Å²) in [6.45, 7) is 0.605. The van der Waals surface area contributed by atoms with Crippen molar-refractivity contribution in [2.24, 2.45) is 0 Å². The second kappa shape index (κ2) is 7.25. The minimum atomic E-state index is -0.227. The van der Waals surface area contributed by atoms with Crippen molar-refractivity contribution in [3.05, 3.63) is 71.8 Å². The molecule has 20 heavy (non-hydrogen) atoms. The Bertz CT molecular complexity index is 572. The Balaban J connectivity index is 1.74. The number of hydrogen-bond donors (Lipinski definition) is 3. The molecule has 0 fully saturated rings. The number of amides is 1. The Hall–Kier alpha value is -2.40. The van der Waals surface area contributed by atoms with Gasteiger partial charge in [0.05, 0.1) is 0 Å². The third-order valence-electron chi connectivity index (χ3n) is 2.62. The number of benzene rings is 2.